The topological polar surface area (TPSA) is 62.7 Å². The zero-order valence-corrected chi connectivity index (χ0v) is 11.5. The number of anilines is 2. The highest BCUT2D eigenvalue weighted by atomic mass is 15.1. The molecule has 0 saturated heterocycles. The molecule has 2 rings (SSSR count). The Labute approximate surface area is 113 Å². The molecule has 0 aliphatic rings. The van der Waals surface area contributed by atoms with E-state index in [1.54, 1.807) is 12.5 Å². The SMILES string of the molecule is CNc1ncnc(NCc2ccccn2)c1C(C)C. The van der Waals surface area contributed by atoms with Crippen molar-refractivity contribution in [1.29, 1.82) is 0 Å². The van der Waals surface area contributed by atoms with Gasteiger partial charge in [0.05, 0.1) is 12.2 Å². The van der Waals surface area contributed by atoms with Gasteiger partial charge < -0.3 is 10.6 Å². The van der Waals surface area contributed by atoms with E-state index in [0.29, 0.717) is 12.5 Å². The first-order valence-corrected chi connectivity index (χ1v) is 6.38. The Morgan fingerprint density at radius 1 is 1.11 bits per heavy atom. The molecular weight excluding hydrogens is 238 g/mol. The Hall–Kier alpha value is -2.17. The number of pyridine rings is 1. The fourth-order valence-electron chi connectivity index (χ4n) is 1.96. The normalized spacial score (nSPS) is 10.5. The van der Waals surface area contributed by atoms with Crippen LogP contribution in [0, 0.1) is 0 Å². The minimum Gasteiger partial charge on any atom is -0.373 e. The van der Waals surface area contributed by atoms with Crippen LogP contribution in [-0.2, 0) is 6.54 Å². The van der Waals surface area contributed by atoms with E-state index in [9.17, 15) is 0 Å². The molecule has 19 heavy (non-hydrogen) atoms. The minimum absolute atomic E-state index is 0.342. The van der Waals surface area contributed by atoms with E-state index >= 15 is 0 Å². The maximum atomic E-state index is 4.33. The van der Waals surface area contributed by atoms with Gasteiger partial charge in [0, 0.05) is 18.8 Å². The summed E-state index contributed by atoms with van der Waals surface area (Å²) >= 11 is 0. The van der Waals surface area contributed by atoms with Gasteiger partial charge in [-0.1, -0.05) is 19.9 Å². The van der Waals surface area contributed by atoms with Crippen molar-refractivity contribution < 1.29 is 0 Å². The van der Waals surface area contributed by atoms with Gasteiger partial charge in [-0.05, 0) is 18.1 Å². The van der Waals surface area contributed by atoms with Crippen molar-refractivity contribution in [3.63, 3.8) is 0 Å². The van der Waals surface area contributed by atoms with Gasteiger partial charge in [0.2, 0.25) is 0 Å². The lowest BCUT2D eigenvalue weighted by Crippen LogP contribution is -2.10. The minimum atomic E-state index is 0.342. The summed E-state index contributed by atoms with van der Waals surface area (Å²) in [7, 11) is 1.87. The zero-order valence-electron chi connectivity index (χ0n) is 11.5. The van der Waals surface area contributed by atoms with Gasteiger partial charge >= 0.3 is 0 Å². The Morgan fingerprint density at radius 3 is 2.53 bits per heavy atom. The van der Waals surface area contributed by atoms with Crippen LogP contribution >= 0.6 is 0 Å². The Bertz CT molecular complexity index is 525. The molecule has 0 aliphatic heterocycles. The molecule has 2 N–H and O–H groups in total. The monoisotopic (exact) mass is 257 g/mol. The maximum absolute atomic E-state index is 4.33. The predicted molar refractivity (Wildman–Crippen MR) is 77.2 cm³/mol. The number of hydrogen-bond acceptors (Lipinski definition) is 5. The van der Waals surface area contributed by atoms with Gasteiger partial charge in [-0.25, -0.2) is 9.97 Å². The molecule has 0 spiro atoms. The second-order valence-corrected chi connectivity index (χ2v) is 4.56. The van der Waals surface area contributed by atoms with E-state index in [-0.39, 0.29) is 0 Å². The van der Waals surface area contributed by atoms with E-state index < -0.39 is 0 Å². The molecule has 0 unspecified atom stereocenters. The van der Waals surface area contributed by atoms with Gasteiger partial charge in [-0.3, -0.25) is 4.98 Å². The van der Waals surface area contributed by atoms with Gasteiger partial charge in [-0.15, -0.1) is 0 Å². The summed E-state index contributed by atoms with van der Waals surface area (Å²) in [6, 6.07) is 5.88. The summed E-state index contributed by atoms with van der Waals surface area (Å²) in [5.74, 6) is 2.07. The van der Waals surface area contributed by atoms with Crippen molar-refractivity contribution in [2.75, 3.05) is 17.7 Å². The summed E-state index contributed by atoms with van der Waals surface area (Å²) in [6.07, 6.45) is 3.36. The summed E-state index contributed by atoms with van der Waals surface area (Å²) in [6.45, 7) is 4.91. The van der Waals surface area contributed by atoms with Crippen molar-refractivity contribution in [1.82, 2.24) is 15.0 Å². The molecule has 2 aromatic rings. The molecular formula is C14H19N5. The highest BCUT2D eigenvalue weighted by molar-refractivity contribution is 5.58. The fraction of sp³-hybridized carbons (Fsp3) is 0.357. The van der Waals surface area contributed by atoms with Gasteiger partial charge in [0.15, 0.2) is 0 Å². The average molecular weight is 257 g/mol. The van der Waals surface area contributed by atoms with E-state index in [1.807, 2.05) is 25.2 Å². The van der Waals surface area contributed by atoms with Crippen molar-refractivity contribution in [3.8, 4) is 0 Å². The van der Waals surface area contributed by atoms with E-state index in [4.69, 9.17) is 0 Å². The molecule has 0 amide bonds. The largest absolute Gasteiger partial charge is 0.373 e. The molecule has 0 bridgehead atoms. The Balaban J connectivity index is 2.20. The second-order valence-electron chi connectivity index (χ2n) is 4.56. The lowest BCUT2D eigenvalue weighted by molar-refractivity contribution is 0.845. The number of nitrogens with zero attached hydrogens (tertiary/aromatic N) is 3. The molecule has 0 saturated carbocycles. The van der Waals surface area contributed by atoms with Crippen LogP contribution in [0.2, 0.25) is 0 Å². The third-order valence-electron chi connectivity index (χ3n) is 2.86. The Kier molecular flexibility index (Phi) is 4.28. The van der Waals surface area contributed by atoms with Gasteiger partial charge in [0.25, 0.3) is 0 Å². The smallest absolute Gasteiger partial charge is 0.135 e. The van der Waals surface area contributed by atoms with Crippen LogP contribution in [0.5, 0.6) is 0 Å². The van der Waals surface area contributed by atoms with Crippen molar-refractivity contribution in [2.24, 2.45) is 0 Å². The molecule has 0 aromatic carbocycles. The Morgan fingerprint density at radius 2 is 1.89 bits per heavy atom. The third-order valence-corrected chi connectivity index (χ3v) is 2.86. The first-order chi connectivity index (χ1) is 9.22. The van der Waals surface area contributed by atoms with Gasteiger partial charge in [0.1, 0.15) is 18.0 Å². The summed E-state index contributed by atoms with van der Waals surface area (Å²) in [5.41, 5.74) is 2.09. The van der Waals surface area contributed by atoms with Crippen LogP contribution in [0.3, 0.4) is 0 Å². The van der Waals surface area contributed by atoms with Crippen LogP contribution in [0.4, 0.5) is 11.6 Å². The van der Waals surface area contributed by atoms with Crippen LogP contribution in [0.25, 0.3) is 0 Å². The third kappa shape index (κ3) is 3.19. The highest BCUT2D eigenvalue weighted by Gasteiger charge is 2.13. The maximum Gasteiger partial charge on any atom is 0.135 e. The quantitative estimate of drug-likeness (QED) is 0.862. The first-order valence-electron chi connectivity index (χ1n) is 6.38. The zero-order chi connectivity index (χ0) is 13.7. The fourth-order valence-corrected chi connectivity index (χ4v) is 1.96. The molecule has 0 atom stereocenters. The lowest BCUT2D eigenvalue weighted by Gasteiger charge is -2.16. The van der Waals surface area contributed by atoms with Crippen molar-refractivity contribution in [3.05, 3.63) is 42.0 Å². The molecule has 100 valence electrons. The molecule has 0 radical (unpaired) electrons. The van der Waals surface area contributed by atoms with E-state index in [2.05, 4.69) is 39.4 Å². The summed E-state index contributed by atoms with van der Waals surface area (Å²) in [4.78, 5) is 12.9. The van der Waals surface area contributed by atoms with Crippen molar-refractivity contribution in [2.45, 2.75) is 26.3 Å². The van der Waals surface area contributed by atoms with Gasteiger partial charge in [-0.2, -0.15) is 0 Å². The number of aromatic nitrogens is 3. The highest BCUT2D eigenvalue weighted by Crippen LogP contribution is 2.28. The lowest BCUT2D eigenvalue weighted by atomic mass is 10.0. The molecule has 2 aromatic heterocycles. The van der Waals surface area contributed by atoms with Crippen LogP contribution in [0.15, 0.2) is 30.7 Å². The van der Waals surface area contributed by atoms with E-state index in [1.165, 1.54) is 0 Å². The summed E-state index contributed by atoms with van der Waals surface area (Å²) in [5, 5.41) is 6.44. The van der Waals surface area contributed by atoms with Crippen LogP contribution in [-0.4, -0.2) is 22.0 Å². The number of rotatable bonds is 5. The predicted octanol–water partition coefficient (Wildman–Crippen LogP) is 2.65. The molecule has 2 heterocycles. The molecule has 0 fully saturated rings. The summed E-state index contributed by atoms with van der Waals surface area (Å²) < 4.78 is 0. The molecule has 5 heteroatoms. The number of nitrogens with one attached hydrogen (secondary N) is 2. The van der Waals surface area contributed by atoms with E-state index in [0.717, 1.165) is 22.9 Å². The molecule has 0 aliphatic carbocycles. The standard InChI is InChI=1S/C14H19N5/c1-10(2)12-13(15-3)18-9-19-14(12)17-8-11-6-4-5-7-16-11/h4-7,9-10H,8H2,1-3H3,(H2,15,17,18,19). The molecule has 5 nitrogen and oxygen atoms in total. The number of hydrogen-bond donors (Lipinski definition) is 2. The average Bonchev–Trinajstić information content (AvgIpc) is 2.45. The van der Waals surface area contributed by atoms with Crippen LogP contribution < -0.4 is 10.6 Å². The van der Waals surface area contributed by atoms with Crippen LogP contribution in [0.1, 0.15) is 31.0 Å². The first kappa shape index (κ1) is 13.3. The second kappa shape index (κ2) is 6.13. The van der Waals surface area contributed by atoms with Crippen molar-refractivity contribution >= 4 is 11.6 Å².